The quantitative estimate of drug-likeness (QED) is 0.478. The number of halogens is 2. The Bertz CT molecular complexity index is 117. The Labute approximate surface area is 71.0 Å². The van der Waals surface area contributed by atoms with Gasteiger partial charge in [0.1, 0.15) is 0 Å². The molecule has 2 atom stereocenters. The van der Waals surface area contributed by atoms with Crippen molar-refractivity contribution in [2.24, 2.45) is 5.92 Å². The third kappa shape index (κ3) is 1.31. The number of alkyl halides is 2. The molecule has 0 saturated carbocycles. The number of ether oxygens (including phenoxy) is 1. The molecule has 0 aromatic heterocycles. The van der Waals surface area contributed by atoms with Crippen molar-refractivity contribution in [1.82, 2.24) is 0 Å². The normalized spacial score (nSPS) is 38.8. The van der Waals surface area contributed by atoms with Crippen LogP contribution in [0.5, 0.6) is 0 Å². The molecule has 0 aromatic rings. The molecule has 10 heavy (non-hydrogen) atoms. The van der Waals surface area contributed by atoms with E-state index in [1.165, 1.54) is 0 Å². The van der Waals surface area contributed by atoms with Crippen molar-refractivity contribution in [3.05, 3.63) is 12.7 Å². The van der Waals surface area contributed by atoms with Crippen LogP contribution in [0, 0.1) is 5.92 Å². The smallest absolute Gasteiger partial charge is 0.0802 e. The van der Waals surface area contributed by atoms with E-state index in [2.05, 4.69) is 6.58 Å². The molecule has 0 aromatic carbocycles. The lowest BCUT2D eigenvalue weighted by molar-refractivity contribution is -0.140. The first-order chi connectivity index (χ1) is 4.83. The van der Waals surface area contributed by atoms with Gasteiger partial charge in [0.25, 0.3) is 0 Å². The molecule has 1 heterocycles. The van der Waals surface area contributed by atoms with E-state index in [1.54, 1.807) is 0 Å². The van der Waals surface area contributed by atoms with Gasteiger partial charge in [-0.3, -0.25) is 0 Å². The SMILES string of the molecule is C=CC1C(CCl)OC1CCl. The molecule has 1 aliphatic heterocycles. The fraction of sp³-hybridized carbons (Fsp3) is 0.714. The van der Waals surface area contributed by atoms with Crippen molar-refractivity contribution >= 4 is 23.2 Å². The molecule has 0 spiro atoms. The molecule has 0 aliphatic carbocycles. The van der Waals surface area contributed by atoms with Crippen molar-refractivity contribution in [3.63, 3.8) is 0 Å². The van der Waals surface area contributed by atoms with Crippen LogP contribution < -0.4 is 0 Å². The van der Waals surface area contributed by atoms with Crippen LogP contribution >= 0.6 is 23.2 Å². The Hall–Kier alpha value is 0.280. The predicted molar refractivity (Wildman–Crippen MR) is 43.8 cm³/mol. The summed E-state index contributed by atoms with van der Waals surface area (Å²) >= 11 is 11.2. The summed E-state index contributed by atoms with van der Waals surface area (Å²) in [5, 5.41) is 0. The molecular weight excluding hydrogens is 171 g/mol. The highest BCUT2D eigenvalue weighted by Crippen LogP contribution is 2.30. The van der Waals surface area contributed by atoms with Gasteiger partial charge in [-0.15, -0.1) is 29.8 Å². The van der Waals surface area contributed by atoms with Crippen LogP contribution in [0.15, 0.2) is 12.7 Å². The predicted octanol–water partition coefficient (Wildman–Crippen LogP) is 2.03. The molecule has 1 nitrogen and oxygen atoms in total. The van der Waals surface area contributed by atoms with E-state index in [9.17, 15) is 0 Å². The van der Waals surface area contributed by atoms with Gasteiger partial charge in [-0.05, 0) is 0 Å². The minimum atomic E-state index is 0.142. The molecule has 0 radical (unpaired) electrons. The number of rotatable bonds is 3. The van der Waals surface area contributed by atoms with Gasteiger partial charge in [0.15, 0.2) is 0 Å². The number of hydrogen-bond donors (Lipinski definition) is 0. The van der Waals surface area contributed by atoms with E-state index in [0.29, 0.717) is 17.7 Å². The standard InChI is InChI=1S/C7H10Cl2O/c1-2-5-6(3-8)10-7(5)4-9/h2,5-7H,1,3-4H2. The van der Waals surface area contributed by atoms with E-state index in [0.717, 1.165) is 0 Å². The highest BCUT2D eigenvalue weighted by molar-refractivity contribution is 6.19. The minimum absolute atomic E-state index is 0.142. The largest absolute Gasteiger partial charge is 0.371 e. The summed E-state index contributed by atoms with van der Waals surface area (Å²) < 4.78 is 5.31. The first kappa shape index (κ1) is 8.38. The lowest BCUT2D eigenvalue weighted by Crippen LogP contribution is -2.49. The molecule has 1 saturated heterocycles. The van der Waals surface area contributed by atoms with Crippen molar-refractivity contribution in [2.45, 2.75) is 12.2 Å². The molecule has 0 bridgehead atoms. The van der Waals surface area contributed by atoms with Crippen LogP contribution in [0.1, 0.15) is 0 Å². The lowest BCUT2D eigenvalue weighted by Gasteiger charge is -2.41. The van der Waals surface area contributed by atoms with Gasteiger partial charge in [-0.1, -0.05) is 6.08 Å². The van der Waals surface area contributed by atoms with Crippen molar-refractivity contribution in [2.75, 3.05) is 11.8 Å². The zero-order valence-electron chi connectivity index (χ0n) is 5.59. The van der Waals surface area contributed by atoms with Crippen LogP contribution in [-0.4, -0.2) is 24.0 Å². The minimum Gasteiger partial charge on any atom is -0.371 e. The molecule has 1 aliphatic rings. The molecule has 2 unspecified atom stereocenters. The Kier molecular flexibility index (Phi) is 3.02. The second-order valence-corrected chi connectivity index (χ2v) is 2.95. The summed E-state index contributed by atoms with van der Waals surface area (Å²) in [7, 11) is 0. The Morgan fingerprint density at radius 1 is 1.30 bits per heavy atom. The molecule has 0 amide bonds. The van der Waals surface area contributed by atoms with Gasteiger partial charge < -0.3 is 4.74 Å². The zero-order chi connectivity index (χ0) is 7.56. The van der Waals surface area contributed by atoms with E-state index in [-0.39, 0.29) is 12.2 Å². The van der Waals surface area contributed by atoms with Gasteiger partial charge in [0.05, 0.1) is 12.2 Å². The average molecular weight is 181 g/mol. The van der Waals surface area contributed by atoms with E-state index < -0.39 is 0 Å². The van der Waals surface area contributed by atoms with Crippen molar-refractivity contribution in [3.8, 4) is 0 Å². The second kappa shape index (κ2) is 3.61. The monoisotopic (exact) mass is 180 g/mol. The maximum atomic E-state index is 5.58. The fourth-order valence-electron chi connectivity index (χ4n) is 1.14. The fourth-order valence-corrected chi connectivity index (χ4v) is 1.69. The Balaban J connectivity index is 2.37. The molecule has 58 valence electrons. The molecule has 3 heteroatoms. The second-order valence-electron chi connectivity index (χ2n) is 2.33. The summed E-state index contributed by atoms with van der Waals surface area (Å²) in [6, 6.07) is 0. The molecule has 1 rings (SSSR count). The first-order valence-electron chi connectivity index (χ1n) is 3.23. The zero-order valence-corrected chi connectivity index (χ0v) is 7.11. The van der Waals surface area contributed by atoms with Crippen molar-refractivity contribution < 1.29 is 4.74 Å². The highest BCUT2D eigenvalue weighted by atomic mass is 35.5. The van der Waals surface area contributed by atoms with E-state index in [1.807, 2.05) is 6.08 Å². The van der Waals surface area contributed by atoms with E-state index >= 15 is 0 Å². The van der Waals surface area contributed by atoms with Crippen LogP contribution in [0.4, 0.5) is 0 Å². The van der Waals surface area contributed by atoms with Gasteiger partial charge in [-0.2, -0.15) is 0 Å². The maximum Gasteiger partial charge on any atom is 0.0802 e. The van der Waals surface area contributed by atoms with Crippen LogP contribution in [-0.2, 0) is 4.74 Å². The molecule has 0 N–H and O–H groups in total. The van der Waals surface area contributed by atoms with E-state index in [4.69, 9.17) is 27.9 Å². The van der Waals surface area contributed by atoms with Gasteiger partial charge in [0, 0.05) is 17.7 Å². The van der Waals surface area contributed by atoms with Crippen LogP contribution in [0.2, 0.25) is 0 Å². The highest BCUT2D eigenvalue weighted by Gasteiger charge is 2.38. The van der Waals surface area contributed by atoms with Gasteiger partial charge in [0.2, 0.25) is 0 Å². The van der Waals surface area contributed by atoms with Crippen LogP contribution in [0.3, 0.4) is 0 Å². The van der Waals surface area contributed by atoms with Crippen LogP contribution in [0.25, 0.3) is 0 Å². The third-order valence-electron chi connectivity index (χ3n) is 1.78. The maximum absolute atomic E-state index is 5.58. The van der Waals surface area contributed by atoms with Crippen molar-refractivity contribution in [1.29, 1.82) is 0 Å². The van der Waals surface area contributed by atoms with Gasteiger partial charge in [-0.25, -0.2) is 0 Å². The summed E-state index contributed by atoms with van der Waals surface area (Å²) in [6.45, 7) is 3.68. The number of hydrogen-bond acceptors (Lipinski definition) is 1. The topological polar surface area (TPSA) is 9.23 Å². The third-order valence-corrected chi connectivity index (χ3v) is 2.39. The summed E-state index contributed by atoms with van der Waals surface area (Å²) in [5.41, 5.74) is 0. The lowest BCUT2D eigenvalue weighted by atomic mass is 9.91. The average Bonchev–Trinajstić information content (AvgIpc) is 1.89. The Morgan fingerprint density at radius 2 is 1.80 bits per heavy atom. The Morgan fingerprint density at radius 3 is 2.10 bits per heavy atom. The first-order valence-corrected chi connectivity index (χ1v) is 4.30. The summed E-state index contributed by atoms with van der Waals surface area (Å²) in [4.78, 5) is 0. The summed E-state index contributed by atoms with van der Waals surface area (Å²) in [6.07, 6.45) is 2.15. The summed E-state index contributed by atoms with van der Waals surface area (Å²) in [5.74, 6) is 1.42. The van der Waals surface area contributed by atoms with Gasteiger partial charge >= 0.3 is 0 Å². The molecule has 1 fully saturated rings. The molecular formula is C7H10Cl2O.